The van der Waals surface area contributed by atoms with Gasteiger partial charge in [-0.3, -0.25) is 14.5 Å². The second-order valence-electron chi connectivity index (χ2n) is 6.05. The molecule has 0 spiro atoms. The molecule has 1 aliphatic rings. The molecule has 1 fully saturated rings. The number of nitrogens with zero attached hydrogens (tertiary/aromatic N) is 1. The largest absolute Gasteiger partial charge is 0.326 e. The van der Waals surface area contributed by atoms with E-state index in [1.807, 2.05) is 42.5 Å². The van der Waals surface area contributed by atoms with E-state index in [0.717, 1.165) is 5.56 Å². The van der Waals surface area contributed by atoms with E-state index in [4.69, 9.17) is 35.4 Å². The average Bonchev–Trinajstić information content (AvgIpc) is 2.97. The van der Waals surface area contributed by atoms with Crippen LogP contribution >= 0.6 is 47.2 Å². The molecule has 1 N–H and O–H groups in total. The van der Waals surface area contributed by atoms with E-state index in [9.17, 15) is 9.59 Å². The fourth-order valence-corrected chi connectivity index (χ4v) is 4.09. The van der Waals surface area contributed by atoms with Crippen molar-refractivity contribution in [2.45, 2.75) is 6.42 Å². The van der Waals surface area contributed by atoms with Gasteiger partial charge in [0.2, 0.25) is 5.91 Å². The lowest BCUT2D eigenvalue weighted by molar-refractivity contribution is -0.122. The predicted octanol–water partition coefficient (Wildman–Crippen LogP) is 5.78. The normalized spacial score (nSPS) is 15.5. The molecule has 0 atom stereocenters. The van der Waals surface area contributed by atoms with Crippen LogP contribution in [0.15, 0.2) is 65.6 Å². The number of nitrogens with one attached hydrogen (secondary N) is 1. The zero-order valence-corrected chi connectivity index (χ0v) is 18.2. The molecule has 3 rings (SSSR count). The maximum atomic E-state index is 12.6. The molecule has 0 aromatic heterocycles. The quantitative estimate of drug-likeness (QED) is 0.436. The lowest BCUT2D eigenvalue weighted by Gasteiger charge is -2.14. The first-order valence-corrected chi connectivity index (χ1v) is 10.6. The third kappa shape index (κ3) is 5.93. The lowest BCUT2D eigenvalue weighted by atomic mass is 10.2. The van der Waals surface area contributed by atoms with Gasteiger partial charge in [0.1, 0.15) is 4.32 Å². The molecular formula is C21H16Cl2N2O2S2. The van der Waals surface area contributed by atoms with Gasteiger partial charge in [0, 0.05) is 18.7 Å². The molecule has 1 saturated heterocycles. The summed E-state index contributed by atoms with van der Waals surface area (Å²) in [4.78, 5) is 26.7. The van der Waals surface area contributed by atoms with E-state index in [1.54, 1.807) is 24.3 Å². The number of thiocarbonyl (C=S) groups is 1. The van der Waals surface area contributed by atoms with E-state index >= 15 is 0 Å². The number of rotatable bonds is 6. The first-order valence-electron chi connectivity index (χ1n) is 8.66. The Balaban J connectivity index is 1.55. The van der Waals surface area contributed by atoms with Crippen molar-refractivity contribution in [1.29, 1.82) is 0 Å². The molecule has 1 aliphatic heterocycles. The van der Waals surface area contributed by atoms with Gasteiger partial charge in [-0.25, -0.2) is 0 Å². The molecule has 0 saturated carbocycles. The summed E-state index contributed by atoms with van der Waals surface area (Å²) >= 11 is 18.3. The van der Waals surface area contributed by atoms with Crippen LogP contribution in [0.3, 0.4) is 0 Å². The summed E-state index contributed by atoms with van der Waals surface area (Å²) in [5, 5.41) is 3.50. The number of amides is 2. The first kappa shape index (κ1) is 21.6. The molecule has 2 aromatic carbocycles. The highest BCUT2D eigenvalue weighted by molar-refractivity contribution is 8.26. The second kappa shape index (κ2) is 10.1. The second-order valence-corrected chi connectivity index (χ2v) is 8.54. The third-order valence-electron chi connectivity index (χ3n) is 3.98. The molecule has 2 aromatic rings. The monoisotopic (exact) mass is 462 g/mol. The molecule has 0 unspecified atom stereocenters. The Morgan fingerprint density at radius 2 is 1.90 bits per heavy atom. The third-order valence-corrected chi connectivity index (χ3v) is 6.11. The van der Waals surface area contributed by atoms with E-state index in [-0.39, 0.29) is 24.8 Å². The van der Waals surface area contributed by atoms with Crippen LogP contribution in [-0.4, -0.2) is 27.6 Å². The van der Waals surface area contributed by atoms with Crippen LogP contribution in [0.5, 0.6) is 0 Å². The smallest absolute Gasteiger partial charge is 0.266 e. The molecule has 0 radical (unpaired) electrons. The SMILES string of the molecule is O=C(CCN1C(=O)/C(=C/C=C/c2ccccc2)SC1=S)Nc1ccc(Cl)c(Cl)c1. The molecule has 1 heterocycles. The molecular weight excluding hydrogens is 447 g/mol. The van der Waals surface area contributed by atoms with Crippen LogP contribution < -0.4 is 5.32 Å². The molecule has 29 heavy (non-hydrogen) atoms. The molecule has 2 amide bonds. The van der Waals surface area contributed by atoms with Crippen molar-refractivity contribution >= 4 is 75.1 Å². The van der Waals surface area contributed by atoms with Crippen LogP contribution in [0.2, 0.25) is 10.0 Å². The minimum absolute atomic E-state index is 0.111. The topological polar surface area (TPSA) is 49.4 Å². The number of hydrogen-bond acceptors (Lipinski definition) is 4. The number of hydrogen-bond donors (Lipinski definition) is 1. The van der Waals surface area contributed by atoms with Gasteiger partial charge in [-0.15, -0.1) is 0 Å². The fraction of sp³-hybridized carbons (Fsp3) is 0.0952. The summed E-state index contributed by atoms with van der Waals surface area (Å²) in [5.41, 5.74) is 1.58. The molecule has 148 valence electrons. The summed E-state index contributed by atoms with van der Waals surface area (Å²) in [7, 11) is 0. The zero-order chi connectivity index (χ0) is 20.8. The number of allylic oxidation sites excluding steroid dienone is 2. The highest BCUT2D eigenvalue weighted by Crippen LogP contribution is 2.31. The highest BCUT2D eigenvalue weighted by Gasteiger charge is 2.31. The maximum absolute atomic E-state index is 12.6. The summed E-state index contributed by atoms with van der Waals surface area (Å²) < 4.78 is 0.441. The van der Waals surface area contributed by atoms with Crippen molar-refractivity contribution in [3.63, 3.8) is 0 Å². The standard InChI is InChI=1S/C21H16Cl2N2O2S2/c22-16-10-9-15(13-17(16)23)24-19(26)11-12-25-20(27)18(29-21(25)28)8-4-7-14-5-2-1-3-6-14/h1-10,13H,11-12H2,(H,24,26)/b7-4+,18-8-. The van der Waals surface area contributed by atoms with Crippen LogP contribution in [0.4, 0.5) is 5.69 Å². The molecule has 8 heteroatoms. The highest BCUT2D eigenvalue weighted by atomic mass is 35.5. The van der Waals surface area contributed by atoms with Crippen molar-refractivity contribution in [2.24, 2.45) is 0 Å². The first-order chi connectivity index (χ1) is 13.9. The van der Waals surface area contributed by atoms with Crippen molar-refractivity contribution < 1.29 is 9.59 Å². The number of thioether (sulfide) groups is 1. The van der Waals surface area contributed by atoms with Crippen molar-refractivity contribution in [1.82, 2.24) is 4.90 Å². The van der Waals surface area contributed by atoms with Crippen LogP contribution in [-0.2, 0) is 9.59 Å². The summed E-state index contributed by atoms with van der Waals surface area (Å²) in [6, 6.07) is 14.6. The Hall–Kier alpha value is -2.12. The number of carbonyl (C=O) groups is 2. The van der Waals surface area contributed by atoms with E-state index in [1.165, 1.54) is 16.7 Å². The van der Waals surface area contributed by atoms with Crippen molar-refractivity contribution in [3.05, 3.63) is 81.2 Å². The van der Waals surface area contributed by atoms with Crippen LogP contribution in [0, 0.1) is 0 Å². The minimum Gasteiger partial charge on any atom is -0.326 e. The van der Waals surface area contributed by atoms with Crippen molar-refractivity contribution in [2.75, 3.05) is 11.9 Å². The predicted molar refractivity (Wildman–Crippen MR) is 125 cm³/mol. The Kier molecular flexibility index (Phi) is 7.50. The van der Waals surface area contributed by atoms with E-state index in [0.29, 0.717) is 25.0 Å². The van der Waals surface area contributed by atoms with Gasteiger partial charge in [-0.05, 0) is 29.8 Å². The van der Waals surface area contributed by atoms with E-state index in [2.05, 4.69) is 5.32 Å². The van der Waals surface area contributed by atoms with Gasteiger partial charge in [-0.2, -0.15) is 0 Å². The molecule has 0 aliphatic carbocycles. The number of benzene rings is 2. The summed E-state index contributed by atoms with van der Waals surface area (Å²) in [6.07, 6.45) is 5.58. The fourth-order valence-electron chi connectivity index (χ4n) is 2.53. The van der Waals surface area contributed by atoms with Crippen LogP contribution in [0.25, 0.3) is 6.08 Å². The maximum Gasteiger partial charge on any atom is 0.266 e. The number of carbonyl (C=O) groups excluding carboxylic acids is 2. The van der Waals surface area contributed by atoms with Gasteiger partial charge in [0.25, 0.3) is 5.91 Å². The number of halogens is 2. The molecule has 0 bridgehead atoms. The Labute approximate surface area is 188 Å². The lowest BCUT2D eigenvalue weighted by Crippen LogP contribution is -2.31. The zero-order valence-electron chi connectivity index (χ0n) is 15.1. The minimum atomic E-state index is -0.245. The summed E-state index contributed by atoms with van der Waals surface area (Å²) in [5.74, 6) is -0.439. The van der Waals surface area contributed by atoms with Gasteiger partial charge < -0.3 is 5.32 Å². The van der Waals surface area contributed by atoms with Gasteiger partial charge >= 0.3 is 0 Å². The Morgan fingerprint density at radius 1 is 1.14 bits per heavy atom. The van der Waals surface area contributed by atoms with Gasteiger partial charge in [0.05, 0.1) is 15.0 Å². The number of anilines is 1. The Bertz CT molecular complexity index is 1010. The Morgan fingerprint density at radius 3 is 2.62 bits per heavy atom. The summed E-state index contributed by atoms with van der Waals surface area (Å²) in [6.45, 7) is 0.206. The average molecular weight is 463 g/mol. The van der Waals surface area contributed by atoms with E-state index < -0.39 is 0 Å². The van der Waals surface area contributed by atoms with Crippen molar-refractivity contribution in [3.8, 4) is 0 Å². The van der Waals surface area contributed by atoms with Gasteiger partial charge in [-0.1, -0.05) is 89.7 Å². The van der Waals surface area contributed by atoms with Crippen LogP contribution in [0.1, 0.15) is 12.0 Å². The van der Waals surface area contributed by atoms with Gasteiger partial charge in [0.15, 0.2) is 0 Å². The molecule has 4 nitrogen and oxygen atoms in total.